The molecule has 3 N–H and O–H groups in total. The Morgan fingerprint density at radius 2 is 2.29 bits per heavy atom. The Morgan fingerprint density at radius 3 is 3.00 bits per heavy atom. The Morgan fingerprint density at radius 1 is 1.41 bits per heavy atom. The van der Waals surface area contributed by atoms with Crippen LogP contribution in [0, 0.1) is 0 Å². The lowest BCUT2D eigenvalue weighted by atomic mass is 10.2. The Kier molecular flexibility index (Phi) is 4.42. The van der Waals surface area contributed by atoms with Crippen molar-refractivity contribution in [3.8, 4) is 0 Å². The minimum atomic E-state index is 0.310. The molecule has 0 spiro atoms. The molecule has 2 heterocycles. The van der Waals surface area contributed by atoms with E-state index >= 15 is 0 Å². The molecule has 1 atom stereocenters. The van der Waals surface area contributed by atoms with Crippen molar-refractivity contribution in [2.24, 2.45) is 0 Å². The summed E-state index contributed by atoms with van der Waals surface area (Å²) in [6.07, 6.45) is 4.46. The van der Waals surface area contributed by atoms with Gasteiger partial charge in [-0.05, 0) is 25.0 Å². The minimum Gasteiger partial charge on any atom is -0.368 e. The van der Waals surface area contributed by atoms with Gasteiger partial charge >= 0.3 is 0 Å². The van der Waals surface area contributed by atoms with Crippen LogP contribution in [0.5, 0.6) is 0 Å². The highest BCUT2D eigenvalue weighted by atomic mass is 32.2. The van der Waals surface area contributed by atoms with Crippen molar-refractivity contribution >= 4 is 23.7 Å². The lowest BCUT2D eigenvalue weighted by Gasteiger charge is -2.10. The lowest BCUT2D eigenvalue weighted by molar-refractivity contribution is 0.789. The van der Waals surface area contributed by atoms with Crippen LogP contribution in [0.2, 0.25) is 0 Å². The van der Waals surface area contributed by atoms with E-state index in [0.29, 0.717) is 17.1 Å². The zero-order valence-corrected chi connectivity index (χ0v) is 11.0. The molecular weight excluding hydrogens is 234 g/mol. The second kappa shape index (κ2) is 6.05. The summed E-state index contributed by atoms with van der Waals surface area (Å²) in [4.78, 5) is 12.6. The van der Waals surface area contributed by atoms with Crippen molar-refractivity contribution in [2.75, 3.05) is 23.3 Å². The SMILES string of the molecule is CCCc1nc(N)nc(NCC2CCCS2)n1. The Hall–Kier alpha value is -1.04. The topological polar surface area (TPSA) is 76.7 Å². The standard InChI is InChI=1S/C11H19N5S/c1-2-4-9-14-10(12)16-11(15-9)13-7-8-5-3-6-17-8/h8H,2-7H2,1H3,(H3,12,13,14,15,16). The summed E-state index contributed by atoms with van der Waals surface area (Å²) in [6, 6.07) is 0. The van der Waals surface area contributed by atoms with Gasteiger partial charge in [0.1, 0.15) is 5.82 Å². The first-order chi connectivity index (χ1) is 8.28. The van der Waals surface area contributed by atoms with Crippen molar-refractivity contribution in [3.63, 3.8) is 0 Å². The van der Waals surface area contributed by atoms with E-state index in [1.54, 1.807) is 0 Å². The summed E-state index contributed by atoms with van der Waals surface area (Å²) in [6.45, 7) is 3.02. The molecule has 1 aromatic heterocycles. The number of aromatic nitrogens is 3. The van der Waals surface area contributed by atoms with E-state index in [9.17, 15) is 0 Å². The smallest absolute Gasteiger partial charge is 0.227 e. The lowest BCUT2D eigenvalue weighted by Crippen LogP contribution is -2.17. The van der Waals surface area contributed by atoms with Crippen LogP contribution < -0.4 is 11.1 Å². The van der Waals surface area contributed by atoms with E-state index in [2.05, 4.69) is 27.2 Å². The third-order valence-corrected chi connectivity index (χ3v) is 4.08. The Labute approximate surface area is 106 Å². The van der Waals surface area contributed by atoms with Gasteiger partial charge in [0.2, 0.25) is 11.9 Å². The molecule has 17 heavy (non-hydrogen) atoms. The van der Waals surface area contributed by atoms with E-state index < -0.39 is 0 Å². The second-order valence-electron chi connectivity index (χ2n) is 4.20. The van der Waals surface area contributed by atoms with Crippen LogP contribution in [0.3, 0.4) is 0 Å². The number of hydrogen-bond acceptors (Lipinski definition) is 6. The van der Waals surface area contributed by atoms with Gasteiger partial charge in [0.15, 0.2) is 0 Å². The van der Waals surface area contributed by atoms with Crippen LogP contribution in [0.4, 0.5) is 11.9 Å². The number of nitrogens with two attached hydrogens (primary N) is 1. The number of aryl methyl sites for hydroxylation is 1. The molecule has 0 aliphatic carbocycles. The molecule has 0 amide bonds. The van der Waals surface area contributed by atoms with Gasteiger partial charge in [-0.15, -0.1) is 0 Å². The predicted molar refractivity (Wildman–Crippen MR) is 72.2 cm³/mol. The molecule has 1 aliphatic rings. The number of hydrogen-bond donors (Lipinski definition) is 2. The molecule has 0 radical (unpaired) electrons. The van der Waals surface area contributed by atoms with E-state index in [1.807, 2.05) is 11.8 Å². The maximum Gasteiger partial charge on any atom is 0.227 e. The van der Waals surface area contributed by atoms with Gasteiger partial charge in [-0.1, -0.05) is 6.92 Å². The zero-order chi connectivity index (χ0) is 12.1. The highest BCUT2D eigenvalue weighted by molar-refractivity contribution is 8.00. The van der Waals surface area contributed by atoms with Crippen molar-refractivity contribution in [3.05, 3.63) is 5.82 Å². The third kappa shape index (κ3) is 3.73. The zero-order valence-electron chi connectivity index (χ0n) is 10.1. The highest BCUT2D eigenvalue weighted by Crippen LogP contribution is 2.25. The molecule has 0 aromatic carbocycles. The number of thioether (sulfide) groups is 1. The summed E-state index contributed by atoms with van der Waals surface area (Å²) < 4.78 is 0. The van der Waals surface area contributed by atoms with Crippen LogP contribution in [0.15, 0.2) is 0 Å². The van der Waals surface area contributed by atoms with Gasteiger partial charge in [-0.25, -0.2) is 0 Å². The number of anilines is 2. The quantitative estimate of drug-likeness (QED) is 0.832. The van der Waals surface area contributed by atoms with E-state index in [0.717, 1.165) is 25.2 Å². The van der Waals surface area contributed by atoms with Crippen LogP contribution in [-0.4, -0.2) is 32.5 Å². The van der Waals surface area contributed by atoms with Crippen molar-refractivity contribution in [1.29, 1.82) is 0 Å². The first-order valence-electron chi connectivity index (χ1n) is 6.14. The molecular formula is C11H19N5S. The summed E-state index contributed by atoms with van der Waals surface area (Å²) in [5.41, 5.74) is 5.67. The van der Waals surface area contributed by atoms with Crippen LogP contribution >= 0.6 is 11.8 Å². The first-order valence-corrected chi connectivity index (χ1v) is 7.18. The average Bonchev–Trinajstić information content (AvgIpc) is 2.79. The number of nitrogen functional groups attached to an aromatic ring is 1. The fraction of sp³-hybridized carbons (Fsp3) is 0.727. The molecule has 5 nitrogen and oxygen atoms in total. The Bertz CT molecular complexity index is 365. The van der Waals surface area contributed by atoms with Crippen LogP contribution in [0.25, 0.3) is 0 Å². The number of nitrogens with one attached hydrogen (secondary N) is 1. The summed E-state index contributed by atoms with van der Waals surface area (Å²) in [7, 11) is 0. The molecule has 2 rings (SSSR count). The fourth-order valence-electron chi connectivity index (χ4n) is 1.86. The molecule has 6 heteroatoms. The Balaban J connectivity index is 1.94. The van der Waals surface area contributed by atoms with Gasteiger partial charge in [0.05, 0.1) is 0 Å². The predicted octanol–water partition coefficient (Wildman–Crippen LogP) is 1.71. The number of nitrogens with zero attached hydrogens (tertiary/aromatic N) is 3. The summed E-state index contributed by atoms with van der Waals surface area (Å²) >= 11 is 2.02. The fourth-order valence-corrected chi connectivity index (χ4v) is 3.06. The van der Waals surface area contributed by atoms with Gasteiger partial charge in [-0.3, -0.25) is 0 Å². The number of rotatable bonds is 5. The van der Waals surface area contributed by atoms with Crippen molar-refractivity contribution in [2.45, 2.75) is 37.9 Å². The summed E-state index contributed by atoms with van der Waals surface area (Å²) in [5, 5.41) is 3.95. The van der Waals surface area contributed by atoms with E-state index in [1.165, 1.54) is 18.6 Å². The van der Waals surface area contributed by atoms with Crippen molar-refractivity contribution < 1.29 is 0 Å². The largest absolute Gasteiger partial charge is 0.368 e. The third-order valence-electron chi connectivity index (χ3n) is 2.68. The highest BCUT2D eigenvalue weighted by Gasteiger charge is 2.15. The minimum absolute atomic E-state index is 0.310. The van der Waals surface area contributed by atoms with Crippen LogP contribution in [0.1, 0.15) is 32.0 Å². The summed E-state index contributed by atoms with van der Waals surface area (Å²) in [5.74, 6) is 2.98. The monoisotopic (exact) mass is 253 g/mol. The van der Waals surface area contributed by atoms with E-state index in [4.69, 9.17) is 5.73 Å². The molecule has 0 bridgehead atoms. The normalized spacial score (nSPS) is 19.5. The molecule has 1 unspecified atom stereocenters. The molecule has 94 valence electrons. The van der Waals surface area contributed by atoms with Gasteiger partial charge in [0.25, 0.3) is 0 Å². The first kappa shape index (κ1) is 12.4. The molecule has 1 aromatic rings. The van der Waals surface area contributed by atoms with Crippen molar-refractivity contribution in [1.82, 2.24) is 15.0 Å². The molecule has 1 saturated heterocycles. The van der Waals surface area contributed by atoms with Gasteiger partial charge in [-0.2, -0.15) is 26.7 Å². The van der Waals surface area contributed by atoms with E-state index in [-0.39, 0.29) is 0 Å². The second-order valence-corrected chi connectivity index (χ2v) is 5.61. The van der Waals surface area contributed by atoms with Gasteiger partial charge < -0.3 is 11.1 Å². The maximum absolute atomic E-state index is 5.67. The average molecular weight is 253 g/mol. The molecule has 1 aliphatic heterocycles. The maximum atomic E-state index is 5.67. The van der Waals surface area contributed by atoms with Gasteiger partial charge in [0, 0.05) is 18.2 Å². The molecule has 1 fully saturated rings. The molecule has 0 saturated carbocycles. The van der Waals surface area contributed by atoms with Crippen LogP contribution in [-0.2, 0) is 6.42 Å².